The number of hydrogen-bond donors (Lipinski definition) is 2. The molecule has 170 valence electrons. The van der Waals surface area contributed by atoms with E-state index in [1.165, 1.54) is 4.90 Å². The fourth-order valence-electron chi connectivity index (χ4n) is 2.83. The van der Waals surface area contributed by atoms with Gasteiger partial charge >= 0.3 is 6.03 Å². The minimum atomic E-state index is -0.465. The molecule has 0 aliphatic rings. The third kappa shape index (κ3) is 6.37. The van der Waals surface area contributed by atoms with Crippen LogP contribution in [0.1, 0.15) is 54.2 Å². The number of para-hydroxylation sites is 1. The summed E-state index contributed by atoms with van der Waals surface area (Å²) in [6, 6.07) is 6.37. The van der Waals surface area contributed by atoms with E-state index in [1.54, 1.807) is 29.8 Å². The molecule has 1 aromatic heterocycles. The monoisotopic (exact) mass is 467 g/mol. The highest BCUT2D eigenvalue weighted by molar-refractivity contribution is 6.39. The maximum absolute atomic E-state index is 12.8. The number of carbonyl (C=O) groups is 2. The quantitative estimate of drug-likeness (QED) is 0.588. The van der Waals surface area contributed by atoms with Crippen molar-refractivity contribution < 1.29 is 9.59 Å². The molecule has 7 nitrogen and oxygen atoms in total. The van der Waals surface area contributed by atoms with E-state index < -0.39 is 6.03 Å². The van der Waals surface area contributed by atoms with Gasteiger partial charge in [-0.25, -0.2) is 9.48 Å². The number of carbonyl (C=O) groups excluding carboxylic acids is 2. The molecule has 2 aromatic rings. The van der Waals surface area contributed by atoms with E-state index in [1.807, 2.05) is 26.8 Å². The van der Waals surface area contributed by atoms with Crippen molar-refractivity contribution in [2.75, 3.05) is 23.7 Å². The molecule has 0 aliphatic carbocycles. The number of nitrogens with zero attached hydrogens (tertiary/aromatic N) is 3. The van der Waals surface area contributed by atoms with E-state index >= 15 is 0 Å². The summed E-state index contributed by atoms with van der Waals surface area (Å²) in [5, 5.41) is 10.9. The van der Waals surface area contributed by atoms with Gasteiger partial charge in [0.1, 0.15) is 12.4 Å². The number of nitrogens with one attached hydrogen (secondary N) is 2. The van der Waals surface area contributed by atoms with E-state index in [0.717, 1.165) is 5.69 Å². The Balaban J connectivity index is 2.17. The number of aromatic nitrogens is 2. The van der Waals surface area contributed by atoms with Gasteiger partial charge in [-0.05, 0) is 39.8 Å². The van der Waals surface area contributed by atoms with Gasteiger partial charge < -0.3 is 15.5 Å². The van der Waals surface area contributed by atoms with Crippen LogP contribution in [0.5, 0.6) is 0 Å². The van der Waals surface area contributed by atoms with Gasteiger partial charge in [-0.3, -0.25) is 4.79 Å². The molecular formula is C22H31Cl2N5O2. The minimum absolute atomic E-state index is 0.134. The van der Waals surface area contributed by atoms with Crippen LogP contribution in [0.4, 0.5) is 16.3 Å². The summed E-state index contributed by atoms with van der Waals surface area (Å²) < 4.78 is 1.80. The summed E-state index contributed by atoms with van der Waals surface area (Å²) in [7, 11) is 0. The lowest BCUT2D eigenvalue weighted by molar-refractivity contribution is -0.116. The molecule has 0 unspecified atom stereocenters. The van der Waals surface area contributed by atoms with Crippen molar-refractivity contribution in [1.82, 2.24) is 14.7 Å². The second-order valence-electron chi connectivity index (χ2n) is 9.34. The zero-order valence-electron chi connectivity index (χ0n) is 19.1. The third-order valence-electron chi connectivity index (χ3n) is 4.58. The number of hydrogen-bond acceptors (Lipinski definition) is 3. The highest BCUT2D eigenvalue weighted by Crippen LogP contribution is 2.30. The molecule has 1 heterocycles. The lowest BCUT2D eigenvalue weighted by Crippen LogP contribution is -2.41. The summed E-state index contributed by atoms with van der Waals surface area (Å²) >= 11 is 12.3. The van der Waals surface area contributed by atoms with Crippen LogP contribution in [0.3, 0.4) is 0 Å². The Morgan fingerprint density at radius 2 is 1.65 bits per heavy atom. The largest absolute Gasteiger partial charge is 0.322 e. The van der Waals surface area contributed by atoms with Crippen molar-refractivity contribution >= 4 is 46.6 Å². The smallest absolute Gasteiger partial charge is 0.315 e. The first-order valence-electron chi connectivity index (χ1n) is 10.1. The molecule has 31 heavy (non-hydrogen) atoms. The fraction of sp³-hybridized carbons (Fsp3) is 0.500. The van der Waals surface area contributed by atoms with Crippen LogP contribution in [-0.4, -0.2) is 39.7 Å². The van der Waals surface area contributed by atoms with Gasteiger partial charge in [-0.2, -0.15) is 5.10 Å². The zero-order chi connectivity index (χ0) is 23.6. The van der Waals surface area contributed by atoms with Gasteiger partial charge in [0.25, 0.3) is 0 Å². The van der Waals surface area contributed by atoms with Crippen LogP contribution >= 0.6 is 23.2 Å². The maximum atomic E-state index is 12.8. The number of anilines is 2. The van der Waals surface area contributed by atoms with Crippen LogP contribution in [0, 0.1) is 0 Å². The first-order chi connectivity index (χ1) is 14.2. The van der Waals surface area contributed by atoms with Gasteiger partial charge in [0.2, 0.25) is 5.91 Å². The zero-order valence-corrected chi connectivity index (χ0v) is 20.6. The molecule has 9 heteroatoms. The minimum Gasteiger partial charge on any atom is -0.315 e. The van der Waals surface area contributed by atoms with E-state index in [0.29, 0.717) is 28.1 Å². The number of rotatable bonds is 5. The number of urea groups is 1. The van der Waals surface area contributed by atoms with Crippen LogP contribution < -0.4 is 10.6 Å². The molecule has 0 radical (unpaired) electrons. The van der Waals surface area contributed by atoms with Gasteiger partial charge in [-0.1, -0.05) is 50.0 Å². The highest BCUT2D eigenvalue weighted by Gasteiger charge is 2.26. The molecule has 3 amide bonds. The average molecular weight is 468 g/mol. The lowest BCUT2D eigenvalue weighted by atomic mass is 9.92. The lowest BCUT2D eigenvalue weighted by Gasteiger charge is -2.24. The van der Waals surface area contributed by atoms with Crippen LogP contribution in [-0.2, 0) is 15.7 Å². The van der Waals surface area contributed by atoms with Gasteiger partial charge in [0, 0.05) is 18.0 Å². The predicted octanol–water partition coefficient (Wildman–Crippen LogP) is 5.73. The molecule has 0 fully saturated rings. The van der Waals surface area contributed by atoms with Crippen LogP contribution in [0.2, 0.25) is 10.0 Å². The molecule has 0 aliphatic heterocycles. The normalized spacial score (nSPS) is 11.9. The number of benzene rings is 1. The van der Waals surface area contributed by atoms with Crippen molar-refractivity contribution in [3.8, 4) is 0 Å². The molecule has 0 atom stereocenters. The van der Waals surface area contributed by atoms with E-state index in [9.17, 15) is 9.59 Å². The van der Waals surface area contributed by atoms with Crippen molar-refractivity contribution in [3.63, 3.8) is 0 Å². The number of amides is 3. The first-order valence-corrected chi connectivity index (χ1v) is 10.9. The topological polar surface area (TPSA) is 79.3 Å². The van der Waals surface area contributed by atoms with E-state index in [4.69, 9.17) is 28.3 Å². The van der Waals surface area contributed by atoms with E-state index in [-0.39, 0.29) is 23.4 Å². The molecule has 2 rings (SSSR count). The first kappa shape index (κ1) is 25.0. The second-order valence-corrected chi connectivity index (χ2v) is 10.2. The van der Waals surface area contributed by atoms with Crippen LogP contribution in [0.25, 0.3) is 0 Å². The molecule has 2 N–H and O–H groups in total. The maximum Gasteiger partial charge on any atom is 0.322 e. The molecule has 0 spiro atoms. The Morgan fingerprint density at radius 1 is 1.06 bits per heavy atom. The molecule has 0 saturated heterocycles. The summed E-state index contributed by atoms with van der Waals surface area (Å²) in [4.78, 5) is 26.9. The number of halogens is 2. The summed E-state index contributed by atoms with van der Waals surface area (Å²) in [5.74, 6) is 0.265. The average Bonchev–Trinajstić information content (AvgIpc) is 3.07. The van der Waals surface area contributed by atoms with Crippen molar-refractivity contribution in [1.29, 1.82) is 0 Å². The predicted molar refractivity (Wildman–Crippen MR) is 127 cm³/mol. The van der Waals surface area contributed by atoms with Crippen molar-refractivity contribution in [2.45, 2.75) is 59.4 Å². The third-order valence-corrected chi connectivity index (χ3v) is 5.21. The molecular weight excluding hydrogens is 437 g/mol. The van der Waals surface area contributed by atoms with Gasteiger partial charge in [0.15, 0.2) is 0 Å². The number of likely N-dealkylation sites (N-methyl/N-ethyl adjacent to an activating group) is 1. The summed E-state index contributed by atoms with van der Waals surface area (Å²) in [6.45, 7) is 14.2. The standard InChI is InChI=1S/C22H31Cl2N5O2/c1-8-28(20(31)26-19-14(23)10-9-11-15(19)24)13-18(30)25-17-12-16(21(2,3)4)27-29(17)22(5,6)7/h9-12H,8,13H2,1-7H3,(H,25,30)(H,26,31). The Labute approximate surface area is 194 Å². The molecule has 0 saturated carbocycles. The Bertz CT molecular complexity index is 938. The van der Waals surface area contributed by atoms with Gasteiger partial charge in [0.05, 0.1) is 27.0 Å². The van der Waals surface area contributed by atoms with Crippen molar-refractivity contribution in [3.05, 3.63) is 40.0 Å². The highest BCUT2D eigenvalue weighted by atomic mass is 35.5. The van der Waals surface area contributed by atoms with E-state index in [2.05, 4.69) is 31.4 Å². The Hall–Kier alpha value is -2.25. The van der Waals surface area contributed by atoms with Crippen LogP contribution in [0.15, 0.2) is 24.3 Å². The fourth-order valence-corrected chi connectivity index (χ4v) is 3.33. The summed E-state index contributed by atoms with van der Waals surface area (Å²) in [6.07, 6.45) is 0. The molecule has 1 aromatic carbocycles. The van der Waals surface area contributed by atoms with Gasteiger partial charge in [-0.15, -0.1) is 0 Å². The van der Waals surface area contributed by atoms with Crippen molar-refractivity contribution in [2.24, 2.45) is 0 Å². The molecule has 0 bridgehead atoms. The summed E-state index contributed by atoms with van der Waals surface area (Å²) in [5.41, 5.74) is 0.695. The SMILES string of the molecule is CCN(CC(=O)Nc1cc(C(C)(C)C)nn1C(C)(C)C)C(=O)Nc1c(Cl)cccc1Cl. The Kier molecular flexibility index (Phi) is 7.66. The second kappa shape index (κ2) is 9.49. The Morgan fingerprint density at radius 3 is 2.13 bits per heavy atom.